The molecule has 2 aliphatic carbocycles. The molecule has 1 N–H and O–H groups in total. The fourth-order valence-electron chi connectivity index (χ4n) is 4.36. The maximum Gasteiger partial charge on any atom is 0.0468 e. The third-order valence-corrected chi connectivity index (χ3v) is 5.88. The monoisotopic (exact) mass is 311 g/mol. The summed E-state index contributed by atoms with van der Waals surface area (Å²) in [5.74, 6) is 2.79. The fourth-order valence-corrected chi connectivity index (χ4v) is 5.02. The van der Waals surface area contributed by atoms with Gasteiger partial charge in [-0.15, -0.1) is 0 Å². The highest BCUT2D eigenvalue weighted by molar-refractivity contribution is 6.36. The van der Waals surface area contributed by atoms with E-state index in [9.17, 15) is 0 Å². The van der Waals surface area contributed by atoms with Crippen LogP contribution in [0, 0.1) is 17.8 Å². The van der Waals surface area contributed by atoms with E-state index in [1.54, 1.807) is 0 Å². The van der Waals surface area contributed by atoms with E-state index in [4.69, 9.17) is 23.2 Å². The molecule has 110 valence electrons. The maximum absolute atomic E-state index is 6.40. The molecule has 2 bridgehead atoms. The first-order valence-corrected chi connectivity index (χ1v) is 8.62. The first-order chi connectivity index (χ1) is 9.69. The summed E-state index contributed by atoms with van der Waals surface area (Å²) in [5, 5.41) is 5.19. The molecule has 1 aromatic rings. The van der Waals surface area contributed by atoms with Gasteiger partial charge in [0.25, 0.3) is 0 Å². The molecule has 2 saturated carbocycles. The predicted molar refractivity (Wildman–Crippen MR) is 86.4 cm³/mol. The molecule has 4 atom stereocenters. The molecule has 0 amide bonds. The van der Waals surface area contributed by atoms with Crippen LogP contribution >= 0.6 is 23.2 Å². The molecule has 0 spiro atoms. The fraction of sp³-hybridized carbons (Fsp3) is 0.647. The number of nitrogens with one attached hydrogen (secondary N) is 1. The third-order valence-electron chi connectivity index (χ3n) is 5.22. The van der Waals surface area contributed by atoms with Crippen molar-refractivity contribution in [2.75, 3.05) is 6.54 Å². The van der Waals surface area contributed by atoms with Crippen LogP contribution in [-0.4, -0.2) is 6.54 Å². The van der Waals surface area contributed by atoms with Gasteiger partial charge in [0, 0.05) is 21.7 Å². The van der Waals surface area contributed by atoms with Crippen molar-refractivity contribution < 1.29 is 0 Å². The molecular formula is C17H23Cl2N. The summed E-state index contributed by atoms with van der Waals surface area (Å²) >= 11 is 12.8. The van der Waals surface area contributed by atoms with Crippen LogP contribution in [-0.2, 0) is 0 Å². The lowest BCUT2D eigenvalue weighted by Gasteiger charge is -2.28. The van der Waals surface area contributed by atoms with Gasteiger partial charge in [0.05, 0.1) is 0 Å². The average Bonchev–Trinajstić information content (AvgIpc) is 3.01. The molecule has 2 aliphatic rings. The minimum atomic E-state index is 0.297. The lowest BCUT2D eigenvalue weighted by molar-refractivity contribution is 0.280. The summed E-state index contributed by atoms with van der Waals surface area (Å²) in [6.45, 7) is 3.10. The Labute approximate surface area is 132 Å². The largest absolute Gasteiger partial charge is 0.310 e. The van der Waals surface area contributed by atoms with E-state index in [1.165, 1.54) is 32.1 Å². The van der Waals surface area contributed by atoms with Crippen molar-refractivity contribution in [2.45, 2.75) is 45.1 Å². The number of hydrogen-bond donors (Lipinski definition) is 1. The second kappa shape index (κ2) is 6.25. The van der Waals surface area contributed by atoms with E-state index in [0.29, 0.717) is 6.04 Å². The van der Waals surface area contributed by atoms with Gasteiger partial charge >= 0.3 is 0 Å². The molecule has 2 fully saturated rings. The highest BCUT2D eigenvalue weighted by atomic mass is 35.5. The van der Waals surface area contributed by atoms with E-state index >= 15 is 0 Å². The first kappa shape index (κ1) is 14.7. The lowest BCUT2D eigenvalue weighted by Crippen LogP contribution is -2.26. The van der Waals surface area contributed by atoms with E-state index in [0.717, 1.165) is 39.9 Å². The Bertz CT molecular complexity index is 454. The van der Waals surface area contributed by atoms with Crippen LogP contribution in [0.25, 0.3) is 0 Å². The zero-order chi connectivity index (χ0) is 14.1. The first-order valence-electron chi connectivity index (χ1n) is 7.86. The summed E-state index contributed by atoms with van der Waals surface area (Å²) in [6.07, 6.45) is 6.94. The van der Waals surface area contributed by atoms with Gasteiger partial charge in [-0.1, -0.05) is 42.6 Å². The summed E-state index contributed by atoms with van der Waals surface area (Å²) in [7, 11) is 0. The molecular weight excluding hydrogens is 289 g/mol. The Kier molecular flexibility index (Phi) is 4.59. The molecule has 0 aromatic heterocycles. The van der Waals surface area contributed by atoms with Crippen molar-refractivity contribution in [3.8, 4) is 0 Å². The van der Waals surface area contributed by atoms with Crippen molar-refractivity contribution >= 4 is 23.2 Å². The van der Waals surface area contributed by atoms with Gasteiger partial charge in [-0.3, -0.25) is 0 Å². The van der Waals surface area contributed by atoms with Gasteiger partial charge in [0.15, 0.2) is 0 Å². The number of benzene rings is 1. The van der Waals surface area contributed by atoms with Crippen LogP contribution in [0.4, 0.5) is 0 Å². The zero-order valence-corrected chi connectivity index (χ0v) is 13.6. The van der Waals surface area contributed by atoms with Crippen LogP contribution < -0.4 is 5.32 Å². The van der Waals surface area contributed by atoms with Crippen molar-refractivity contribution in [2.24, 2.45) is 17.8 Å². The van der Waals surface area contributed by atoms with Crippen molar-refractivity contribution in [1.82, 2.24) is 5.32 Å². The Morgan fingerprint density at radius 3 is 2.50 bits per heavy atom. The van der Waals surface area contributed by atoms with Crippen LogP contribution in [0.3, 0.4) is 0 Å². The molecule has 0 aliphatic heterocycles. The quantitative estimate of drug-likeness (QED) is 0.760. The average molecular weight is 312 g/mol. The summed E-state index contributed by atoms with van der Waals surface area (Å²) in [6, 6.07) is 6.13. The smallest absolute Gasteiger partial charge is 0.0468 e. The van der Waals surface area contributed by atoms with Gasteiger partial charge < -0.3 is 5.32 Å². The van der Waals surface area contributed by atoms with Gasteiger partial charge in [0.1, 0.15) is 0 Å². The highest BCUT2D eigenvalue weighted by Gasteiger charge is 2.40. The normalized spacial score (nSPS) is 29.9. The minimum absolute atomic E-state index is 0.297. The number of hydrogen-bond acceptors (Lipinski definition) is 1. The molecule has 3 heteroatoms. The standard InChI is InChI=1S/C17H23Cl2N/c1-2-20-16(17-14(18)4-3-5-15(17)19)10-13-9-11-6-7-12(13)8-11/h3-5,11-13,16,20H,2,6-10H2,1H3. The van der Waals surface area contributed by atoms with Crippen molar-refractivity contribution in [3.05, 3.63) is 33.8 Å². The molecule has 0 heterocycles. The van der Waals surface area contributed by atoms with Crippen LogP contribution in [0.15, 0.2) is 18.2 Å². The number of halogens is 2. The predicted octanol–water partition coefficient (Wildman–Crippen LogP) is 5.47. The van der Waals surface area contributed by atoms with Crippen LogP contribution in [0.5, 0.6) is 0 Å². The summed E-state index contributed by atoms with van der Waals surface area (Å²) in [5.41, 5.74) is 1.10. The Hall–Kier alpha value is -0.240. The Balaban J connectivity index is 1.78. The highest BCUT2D eigenvalue weighted by Crippen LogP contribution is 2.51. The Morgan fingerprint density at radius 2 is 1.95 bits per heavy atom. The molecule has 1 aromatic carbocycles. The second-order valence-corrected chi connectivity index (χ2v) is 7.23. The van der Waals surface area contributed by atoms with Gasteiger partial charge in [-0.25, -0.2) is 0 Å². The van der Waals surface area contributed by atoms with E-state index in [2.05, 4.69) is 12.2 Å². The van der Waals surface area contributed by atoms with Crippen LogP contribution in [0.1, 0.15) is 50.6 Å². The van der Waals surface area contributed by atoms with Crippen molar-refractivity contribution in [1.29, 1.82) is 0 Å². The SMILES string of the molecule is CCNC(CC1CC2CCC1C2)c1c(Cl)cccc1Cl. The maximum atomic E-state index is 6.40. The Morgan fingerprint density at radius 1 is 1.20 bits per heavy atom. The minimum Gasteiger partial charge on any atom is -0.310 e. The van der Waals surface area contributed by atoms with E-state index < -0.39 is 0 Å². The van der Waals surface area contributed by atoms with Gasteiger partial charge in [-0.2, -0.15) is 0 Å². The van der Waals surface area contributed by atoms with E-state index in [1.807, 2.05) is 18.2 Å². The van der Waals surface area contributed by atoms with Crippen LogP contribution in [0.2, 0.25) is 10.0 Å². The van der Waals surface area contributed by atoms with Gasteiger partial charge in [-0.05, 0) is 62.1 Å². The second-order valence-electron chi connectivity index (χ2n) is 6.42. The summed E-state index contributed by atoms with van der Waals surface area (Å²) in [4.78, 5) is 0. The molecule has 0 saturated heterocycles. The molecule has 0 radical (unpaired) electrons. The summed E-state index contributed by atoms with van der Waals surface area (Å²) < 4.78 is 0. The molecule has 20 heavy (non-hydrogen) atoms. The van der Waals surface area contributed by atoms with Gasteiger partial charge in [0.2, 0.25) is 0 Å². The molecule has 3 rings (SSSR count). The van der Waals surface area contributed by atoms with Crippen molar-refractivity contribution in [3.63, 3.8) is 0 Å². The topological polar surface area (TPSA) is 12.0 Å². The third kappa shape index (κ3) is 2.86. The zero-order valence-electron chi connectivity index (χ0n) is 12.0. The molecule has 1 nitrogen and oxygen atoms in total. The number of fused-ring (bicyclic) bond motifs is 2. The lowest BCUT2D eigenvalue weighted by atomic mass is 9.82. The molecule has 4 unspecified atom stereocenters. The van der Waals surface area contributed by atoms with E-state index in [-0.39, 0.29) is 0 Å². The number of rotatable bonds is 5.